The lowest BCUT2D eigenvalue weighted by atomic mass is 9.95. The Morgan fingerprint density at radius 1 is 1.30 bits per heavy atom. The normalized spacial score (nSPS) is 14.0. The Morgan fingerprint density at radius 2 is 1.97 bits per heavy atom. The third kappa shape index (κ3) is 4.64. The van der Waals surface area contributed by atoms with E-state index in [-0.39, 0.29) is 11.8 Å². The molecule has 0 fully saturated rings. The summed E-state index contributed by atoms with van der Waals surface area (Å²) in [6.07, 6.45) is -1.60. The number of nitrogens with zero attached hydrogens (tertiary/aromatic N) is 2. The number of halogens is 4. The molecule has 2 aromatic heterocycles. The van der Waals surface area contributed by atoms with E-state index in [0.717, 1.165) is 34.4 Å². The minimum atomic E-state index is -4.72. The van der Waals surface area contributed by atoms with E-state index >= 15 is 0 Å². The van der Waals surface area contributed by atoms with Crippen molar-refractivity contribution < 1.29 is 27.5 Å². The molecule has 3 rings (SSSR count). The maximum absolute atomic E-state index is 13.0. The van der Waals surface area contributed by atoms with Crippen LogP contribution in [0.4, 0.5) is 18.2 Å². The van der Waals surface area contributed by atoms with Crippen molar-refractivity contribution in [1.29, 1.82) is 0 Å². The standard InChI is InChI=1S/C19H21ClF3N3O3S/c1-9(2)29-18(28)14-11-6-4-5-7-12(11)30-17(14)24-13(27)8-26-10(3)15(20)16(25-26)19(21,22)23/h9H,4-8H2,1-3H3,(H,24,27). The van der Waals surface area contributed by atoms with Gasteiger partial charge in [0.25, 0.3) is 0 Å². The minimum absolute atomic E-state index is 0.0315. The van der Waals surface area contributed by atoms with Crippen LogP contribution in [0.15, 0.2) is 0 Å². The number of carbonyl (C=O) groups excluding carboxylic acids is 2. The molecule has 6 nitrogen and oxygen atoms in total. The first-order valence-corrected chi connectivity index (χ1v) is 10.6. The number of ether oxygens (including phenoxy) is 1. The van der Waals surface area contributed by atoms with Gasteiger partial charge in [-0.1, -0.05) is 11.6 Å². The van der Waals surface area contributed by atoms with Gasteiger partial charge < -0.3 is 10.1 Å². The Kier molecular flexibility index (Phi) is 6.47. The lowest BCUT2D eigenvalue weighted by Crippen LogP contribution is -2.22. The van der Waals surface area contributed by atoms with Gasteiger partial charge in [-0.25, -0.2) is 4.79 Å². The smallest absolute Gasteiger partial charge is 0.436 e. The van der Waals surface area contributed by atoms with Crippen molar-refractivity contribution in [3.05, 3.63) is 32.4 Å². The fourth-order valence-electron chi connectivity index (χ4n) is 3.30. The average molecular weight is 464 g/mol. The summed E-state index contributed by atoms with van der Waals surface area (Å²) in [6, 6.07) is 0. The summed E-state index contributed by atoms with van der Waals surface area (Å²) in [7, 11) is 0. The third-order valence-corrected chi connectivity index (χ3v) is 6.33. The van der Waals surface area contributed by atoms with E-state index in [9.17, 15) is 22.8 Å². The number of hydrogen-bond acceptors (Lipinski definition) is 5. The van der Waals surface area contributed by atoms with Crippen molar-refractivity contribution >= 4 is 39.8 Å². The van der Waals surface area contributed by atoms with Gasteiger partial charge in [0.05, 0.1) is 22.4 Å². The number of aromatic nitrogens is 2. The van der Waals surface area contributed by atoms with Crippen molar-refractivity contribution in [3.8, 4) is 0 Å². The molecular weight excluding hydrogens is 443 g/mol. The first kappa shape index (κ1) is 22.6. The summed E-state index contributed by atoms with van der Waals surface area (Å²) in [5.74, 6) is -1.12. The van der Waals surface area contributed by atoms with E-state index in [2.05, 4.69) is 10.4 Å². The average Bonchev–Trinajstić information content (AvgIpc) is 3.12. The Labute approximate surface area is 180 Å². The topological polar surface area (TPSA) is 73.2 Å². The maximum Gasteiger partial charge on any atom is 0.436 e. The summed E-state index contributed by atoms with van der Waals surface area (Å²) in [6.45, 7) is 4.35. The van der Waals surface area contributed by atoms with E-state index in [0.29, 0.717) is 17.0 Å². The van der Waals surface area contributed by atoms with Gasteiger partial charge in [-0.15, -0.1) is 11.3 Å². The molecule has 11 heteroatoms. The monoisotopic (exact) mass is 463 g/mol. The predicted octanol–water partition coefficient (Wildman–Crippen LogP) is 5.01. The van der Waals surface area contributed by atoms with E-state index in [4.69, 9.17) is 16.3 Å². The molecule has 164 valence electrons. The zero-order valence-corrected chi connectivity index (χ0v) is 18.2. The highest BCUT2D eigenvalue weighted by molar-refractivity contribution is 7.17. The highest BCUT2D eigenvalue weighted by Crippen LogP contribution is 2.39. The summed E-state index contributed by atoms with van der Waals surface area (Å²) >= 11 is 7.04. The van der Waals surface area contributed by atoms with Crippen LogP contribution in [0.3, 0.4) is 0 Å². The highest BCUT2D eigenvalue weighted by Gasteiger charge is 2.38. The number of rotatable bonds is 5. The van der Waals surface area contributed by atoms with Gasteiger partial charge in [0.2, 0.25) is 5.91 Å². The molecule has 1 N–H and O–H groups in total. The molecule has 1 amide bonds. The number of esters is 1. The van der Waals surface area contributed by atoms with Gasteiger partial charge in [-0.05, 0) is 52.0 Å². The Bertz CT molecular complexity index is 982. The van der Waals surface area contributed by atoms with Gasteiger partial charge in [0.15, 0.2) is 5.69 Å². The second kappa shape index (κ2) is 8.58. The highest BCUT2D eigenvalue weighted by atomic mass is 35.5. The molecule has 0 saturated carbocycles. The van der Waals surface area contributed by atoms with Crippen LogP contribution in [0, 0.1) is 6.92 Å². The predicted molar refractivity (Wildman–Crippen MR) is 107 cm³/mol. The summed E-state index contributed by atoms with van der Waals surface area (Å²) in [5, 5.41) is 5.91. The van der Waals surface area contributed by atoms with E-state index < -0.39 is 35.3 Å². The van der Waals surface area contributed by atoms with Crippen LogP contribution in [0.2, 0.25) is 5.02 Å². The lowest BCUT2D eigenvalue weighted by molar-refractivity contribution is -0.141. The van der Waals surface area contributed by atoms with Crippen LogP contribution in [-0.2, 0) is 35.1 Å². The molecule has 0 unspecified atom stereocenters. The quantitative estimate of drug-likeness (QED) is 0.633. The fraction of sp³-hybridized carbons (Fsp3) is 0.526. The minimum Gasteiger partial charge on any atom is -0.459 e. The molecule has 0 bridgehead atoms. The number of aryl methyl sites for hydroxylation is 1. The van der Waals surface area contributed by atoms with Crippen LogP contribution in [0.1, 0.15) is 58.9 Å². The molecule has 0 saturated heterocycles. The zero-order chi connectivity index (χ0) is 22.2. The van der Waals surface area contributed by atoms with E-state index in [1.165, 1.54) is 18.3 Å². The number of amides is 1. The van der Waals surface area contributed by atoms with Crippen molar-refractivity contribution in [2.45, 2.75) is 65.3 Å². The van der Waals surface area contributed by atoms with Crippen molar-refractivity contribution in [3.63, 3.8) is 0 Å². The Balaban J connectivity index is 1.85. The summed E-state index contributed by atoms with van der Waals surface area (Å²) < 4.78 is 45.2. The third-order valence-electron chi connectivity index (χ3n) is 4.67. The molecular formula is C19H21ClF3N3O3S. The molecule has 2 heterocycles. The molecule has 1 aliphatic rings. The van der Waals surface area contributed by atoms with Gasteiger partial charge in [0.1, 0.15) is 11.5 Å². The largest absolute Gasteiger partial charge is 0.459 e. The second-order valence-electron chi connectivity index (χ2n) is 7.32. The summed E-state index contributed by atoms with van der Waals surface area (Å²) in [4.78, 5) is 26.2. The molecule has 1 aliphatic carbocycles. The molecule has 0 radical (unpaired) electrons. The molecule has 0 aliphatic heterocycles. The number of anilines is 1. The van der Waals surface area contributed by atoms with Gasteiger partial charge in [0, 0.05) is 4.88 Å². The van der Waals surface area contributed by atoms with Crippen LogP contribution in [-0.4, -0.2) is 27.8 Å². The van der Waals surface area contributed by atoms with E-state index in [1.54, 1.807) is 13.8 Å². The van der Waals surface area contributed by atoms with Crippen LogP contribution in [0.25, 0.3) is 0 Å². The number of nitrogens with one attached hydrogen (secondary N) is 1. The number of carbonyl (C=O) groups is 2. The zero-order valence-electron chi connectivity index (χ0n) is 16.7. The van der Waals surface area contributed by atoms with Gasteiger partial charge in [-0.2, -0.15) is 18.3 Å². The Morgan fingerprint density at radius 3 is 2.57 bits per heavy atom. The Hall–Kier alpha value is -2.07. The number of alkyl halides is 3. The first-order chi connectivity index (χ1) is 14.0. The number of hydrogen-bond donors (Lipinski definition) is 1. The summed E-state index contributed by atoms with van der Waals surface area (Å²) in [5.41, 5.74) is 0.0131. The lowest BCUT2D eigenvalue weighted by Gasteiger charge is -2.14. The van der Waals surface area contributed by atoms with Crippen molar-refractivity contribution in [2.24, 2.45) is 0 Å². The van der Waals surface area contributed by atoms with Gasteiger partial charge >= 0.3 is 12.1 Å². The molecule has 0 spiro atoms. The van der Waals surface area contributed by atoms with Crippen molar-refractivity contribution in [1.82, 2.24) is 9.78 Å². The van der Waals surface area contributed by atoms with Crippen LogP contribution < -0.4 is 5.32 Å². The first-order valence-electron chi connectivity index (χ1n) is 9.44. The van der Waals surface area contributed by atoms with Crippen LogP contribution in [0.5, 0.6) is 0 Å². The fourth-order valence-corrected chi connectivity index (χ4v) is 4.84. The number of fused-ring (bicyclic) bond motifs is 1. The number of thiophene rings is 1. The molecule has 30 heavy (non-hydrogen) atoms. The molecule has 0 atom stereocenters. The van der Waals surface area contributed by atoms with Crippen LogP contribution >= 0.6 is 22.9 Å². The maximum atomic E-state index is 13.0. The van der Waals surface area contributed by atoms with Crippen molar-refractivity contribution in [2.75, 3.05) is 5.32 Å². The van der Waals surface area contributed by atoms with Gasteiger partial charge in [-0.3, -0.25) is 9.48 Å². The SMILES string of the molecule is Cc1c(Cl)c(C(F)(F)F)nn1CC(=O)Nc1sc2c(c1C(=O)OC(C)C)CCCC2. The van der Waals surface area contributed by atoms with E-state index in [1.807, 2.05) is 0 Å². The second-order valence-corrected chi connectivity index (χ2v) is 8.80. The molecule has 2 aromatic rings. The molecule has 0 aromatic carbocycles.